The molecule has 5 atom stereocenters. The fourth-order valence-corrected chi connectivity index (χ4v) is 11.6. The lowest BCUT2D eigenvalue weighted by Gasteiger charge is -2.21. The van der Waals surface area contributed by atoms with Crippen LogP contribution in [0.4, 0.5) is 0 Å². The third-order valence-corrected chi connectivity index (χ3v) is 17.6. The van der Waals surface area contributed by atoms with E-state index in [1.165, 1.54) is 103 Å². The molecule has 0 aliphatic carbocycles. The van der Waals surface area contributed by atoms with Gasteiger partial charge in [0.2, 0.25) is 0 Å². The SMILES string of the molecule is CC/C=C\C/C=C\C/C=C\C/C=C\C/C=C\C/C=C\CCCCCCCCCCCCCCC(=O)OCC(O)COP(=O)(O)OCC(O)COP(=O)(O)OCC(COC(=O)CCCCCC/C=C\C/C=C\C/C=C\C/C=C\CC)OC(=O)CCCCCCCCCCCCCCC. The Morgan fingerprint density at radius 1 is 0.299 bits per heavy atom. The molecule has 18 heteroatoms. The van der Waals surface area contributed by atoms with E-state index in [0.29, 0.717) is 19.3 Å². The van der Waals surface area contributed by atoms with Crippen molar-refractivity contribution in [2.75, 3.05) is 39.6 Å². The first-order valence-corrected chi connectivity index (χ1v) is 40.8. The van der Waals surface area contributed by atoms with Crippen LogP contribution in [-0.4, -0.2) is 95.9 Å². The van der Waals surface area contributed by atoms with Gasteiger partial charge in [0.25, 0.3) is 0 Å². The molecule has 0 aromatic heterocycles. The lowest BCUT2D eigenvalue weighted by Crippen LogP contribution is -2.30. The van der Waals surface area contributed by atoms with Crippen LogP contribution in [0.15, 0.2) is 122 Å². The Morgan fingerprint density at radius 3 is 0.866 bits per heavy atom. The standard InChI is InChI=1S/C79H136O16P2/c1-4-7-10-13-16-19-22-25-27-29-30-31-32-33-34-35-36-37-38-39-40-41-42-44-46-48-50-53-56-59-62-65-77(82)89-68-74(80)69-91-96(85,86)92-70-75(81)71-93-97(87,88)94-73-76(95-79(84)67-64-61-58-55-52-47-24-21-18-15-12-9-6-3)72-90-78(83)66-63-60-57-54-51-49-45-43-28-26-23-20-17-14-11-8-5-2/h7-8,10-11,16-17,19-20,25-28,30-31,33-34,36-37,45,49,74-76,80-81H,4-6,9,12-15,18,21-24,29,32,35,38-44,46-48,50-73H2,1-3H3,(H,85,86)(H,87,88)/b10-7-,11-8-,19-16-,20-17-,27-25-,28-26-,31-30-,34-33-,37-36-,49-45-. The summed E-state index contributed by atoms with van der Waals surface area (Å²) in [5.74, 6) is -1.60. The molecule has 0 aliphatic heterocycles. The van der Waals surface area contributed by atoms with Gasteiger partial charge in [-0.2, -0.15) is 0 Å². The number of allylic oxidation sites excluding steroid dienone is 20. The molecular weight excluding hydrogens is 1270 g/mol. The van der Waals surface area contributed by atoms with Crippen molar-refractivity contribution in [3.63, 3.8) is 0 Å². The number of carbonyl (C=O) groups excluding carboxylic acids is 3. The zero-order valence-corrected chi connectivity index (χ0v) is 62.5. The molecule has 0 bridgehead atoms. The van der Waals surface area contributed by atoms with E-state index < -0.39 is 91.5 Å². The summed E-state index contributed by atoms with van der Waals surface area (Å²) in [7, 11) is -9.78. The molecule has 0 rings (SSSR count). The number of hydrogen-bond donors (Lipinski definition) is 4. The monoisotopic (exact) mass is 1400 g/mol. The largest absolute Gasteiger partial charge is 0.472 e. The van der Waals surface area contributed by atoms with Gasteiger partial charge in [-0.05, 0) is 109 Å². The topological polar surface area (TPSA) is 231 Å². The number of phosphoric acid groups is 2. The van der Waals surface area contributed by atoms with Crippen LogP contribution in [0.3, 0.4) is 0 Å². The highest BCUT2D eigenvalue weighted by Crippen LogP contribution is 2.45. The maximum Gasteiger partial charge on any atom is 0.472 e. The van der Waals surface area contributed by atoms with Gasteiger partial charge in [0.15, 0.2) is 6.10 Å². The first kappa shape index (κ1) is 93.0. The molecule has 558 valence electrons. The molecular formula is C79H136O16P2. The second-order valence-corrected chi connectivity index (χ2v) is 28.0. The van der Waals surface area contributed by atoms with Crippen LogP contribution in [0.1, 0.15) is 303 Å². The third kappa shape index (κ3) is 73.0. The van der Waals surface area contributed by atoms with E-state index in [-0.39, 0.29) is 19.3 Å². The van der Waals surface area contributed by atoms with Crippen LogP contribution in [0.5, 0.6) is 0 Å². The predicted octanol–water partition coefficient (Wildman–Crippen LogP) is 21.8. The lowest BCUT2D eigenvalue weighted by atomic mass is 10.0. The summed E-state index contributed by atoms with van der Waals surface area (Å²) < 4.78 is 61.0. The van der Waals surface area contributed by atoms with Crippen LogP contribution >= 0.6 is 15.6 Å². The molecule has 0 radical (unpaired) electrons. The smallest absolute Gasteiger partial charge is 0.463 e. The predicted molar refractivity (Wildman–Crippen MR) is 399 cm³/mol. The normalized spacial score (nSPS) is 14.8. The number of ether oxygens (including phenoxy) is 3. The number of hydrogen-bond acceptors (Lipinski definition) is 14. The highest BCUT2D eigenvalue weighted by atomic mass is 31.2. The van der Waals surface area contributed by atoms with E-state index in [2.05, 4.69) is 142 Å². The minimum absolute atomic E-state index is 0.101. The van der Waals surface area contributed by atoms with E-state index in [1.54, 1.807) is 0 Å². The van der Waals surface area contributed by atoms with Crippen molar-refractivity contribution in [2.45, 2.75) is 322 Å². The number of esters is 3. The molecule has 97 heavy (non-hydrogen) atoms. The molecule has 0 fully saturated rings. The molecule has 16 nitrogen and oxygen atoms in total. The van der Waals surface area contributed by atoms with E-state index in [9.17, 15) is 43.5 Å². The molecule has 0 amide bonds. The van der Waals surface area contributed by atoms with Crippen molar-refractivity contribution >= 4 is 33.6 Å². The van der Waals surface area contributed by atoms with Gasteiger partial charge in [0.05, 0.1) is 26.4 Å². The molecule has 4 N–H and O–H groups in total. The van der Waals surface area contributed by atoms with E-state index >= 15 is 0 Å². The Labute approximate surface area is 589 Å². The summed E-state index contributed by atoms with van der Waals surface area (Å²) in [6.07, 6.45) is 84.0. The zero-order valence-electron chi connectivity index (χ0n) is 60.7. The number of aliphatic hydroxyl groups is 2. The van der Waals surface area contributed by atoms with Gasteiger partial charge in [-0.25, -0.2) is 9.13 Å². The Bertz CT molecular complexity index is 2250. The highest BCUT2D eigenvalue weighted by Gasteiger charge is 2.29. The minimum Gasteiger partial charge on any atom is -0.463 e. The van der Waals surface area contributed by atoms with Crippen LogP contribution in [0.25, 0.3) is 0 Å². The number of aliphatic hydroxyl groups excluding tert-OH is 2. The van der Waals surface area contributed by atoms with E-state index in [0.717, 1.165) is 141 Å². The second kappa shape index (κ2) is 71.8. The van der Waals surface area contributed by atoms with Crippen molar-refractivity contribution in [3.8, 4) is 0 Å². The second-order valence-electron chi connectivity index (χ2n) is 25.0. The van der Waals surface area contributed by atoms with Crippen molar-refractivity contribution in [1.29, 1.82) is 0 Å². The number of rotatable bonds is 71. The van der Waals surface area contributed by atoms with Crippen molar-refractivity contribution in [1.82, 2.24) is 0 Å². The van der Waals surface area contributed by atoms with Crippen LogP contribution in [-0.2, 0) is 55.8 Å². The minimum atomic E-state index is -4.93. The Balaban J connectivity index is 4.45. The van der Waals surface area contributed by atoms with E-state index in [1.807, 2.05) is 0 Å². The maximum atomic E-state index is 12.9. The van der Waals surface area contributed by atoms with E-state index in [4.69, 9.17) is 32.3 Å². The average Bonchev–Trinajstić information content (AvgIpc) is 1.62. The number of carbonyl (C=O) groups is 3. The lowest BCUT2D eigenvalue weighted by molar-refractivity contribution is -0.161. The van der Waals surface area contributed by atoms with Gasteiger partial charge in [-0.15, -0.1) is 0 Å². The first-order valence-electron chi connectivity index (χ1n) is 37.8. The summed E-state index contributed by atoms with van der Waals surface area (Å²) >= 11 is 0. The van der Waals surface area contributed by atoms with Crippen molar-refractivity contribution < 1.29 is 75.8 Å². The third-order valence-electron chi connectivity index (χ3n) is 15.7. The maximum absolute atomic E-state index is 12.9. The molecule has 0 saturated heterocycles. The van der Waals surface area contributed by atoms with Gasteiger partial charge >= 0.3 is 33.6 Å². The summed E-state index contributed by atoms with van der Waals surface area (Å²) in [6.45, 7) is 2.43. The fourth-order valence-electron chi connectivity index (χ4n) is 9.98. The molecule has 0 spiro atoms. The van der Waals surface area contributed by atoms with Gasteiger partial charge in [0, 0.05) is 19.3 Å². The van der Waals surface area contributed by atoms with Gasteiger partial charge in [-0.1, -0.05) is 296 Å². The molecule has 5 unspecified atom stereocenters. The Morgan fingerprint density at radius 2 is 0.546 bits per heavy atom. The van der Waals surface area contributed by atoms with Crippen molar-refractivity contribution in [3.05, 3.63) is 122 Å². The highest BCUT2D eigenvalue weighted by molar-refractivity contribution is 7.47. The molecule has 0 aromatic carbocycles. The number of phosphoric ester groups is 2. The first-order chi connectivity index (χ1) is 47.2. The van der Waals surface area contributed by atoms with Gasteiger partial charge < -0.3 is 34.2 Å². The molecule has 0 aliphatic rings. The summed E-state index contributed by atoms with van der Waals surface area (Å²) in [6, 6.07) is 0. The van der Waals surface area contributed by atoms with Crippen molar-refractivity contribution in [2.24, 2.45) is 0 Å². The molecule has 0 aromatic rings. The van der Waals surface area contributed by atoms with Gasteiger partial charge in [0.1, 0.15) is 25.4 Å². The fraction of sp³-hybridized carbons (Fsp3) is 0.709. The summed E-state index contributed by atoms with van der Waals surface area (Å²) in [4.78, 5) is 58.5. The molecule has 0 heterocycles. The summed E-state index contributed by atoms with van der Waals surface area (Å²) in [5, 5.41) is 20.6. The van der Waals surface area contributed by atoms with Gasteiger partial charge in [-0.3, -0.25) is 32.5 Å². The zero-order chi connectivity index (χ0) is 70.9. The van der Waals surface area contributed by atoms with Crippen LogP contribution in [0, 0.1) is 0 Å². The Hall–Kier alpha value is -4.05. The number of unbranched alkanes of at least 4 members (excludes halogenated alkanes) is 28. The average molecular weight is 1400 g/mol. The van der Waals surface area contributed by atoms with Crippen LogP contribution < -0.4 is 0 Å². The molecule has 0 saturated carbocycles. The summed E-state index contributed by atoms with van der Waals surface area (Å²) in [5.41, 5.74) is 0. The van der Waals surface area contributed by atoms with Crippen LogP contribution in [0.2, 0.25) is 0 Å². The Kier molecular flexibility index (Phi) is 68.8. The quantitative estimate of drug-likeness (QED) is 0.0146.